The molecule has 1 aliphatic rings. The molecule has 0 aliphatic carbocycles. The predicted octanol–water partition coefficient (Wildman–Crippen LogP) is 6.75. The molecule has 0 N–H and O–H groups in total. The Bertz CT molecular complexity index is 1400. The van der Waals surface area contributed by atoms with Crippen molar-refractivity contribution in [1.82, 2.24) is 9.97 Å². The lowest BCUT2D eigenvalue weighted by Crippen LogP contribution is -2.15. The summed E-state index contributed by atoms with van der Waals surface area (Å²) in [6, 6.07) is 27.0. The van der Waals surface area contributed by atoms with Crippen LogP contribution in [0.4, 0.5) is 15.9 Å². The second kappa shape index (κ2) is 6.29. The molecule has 3 aromatic carbocycles. The van der Waals surface area contributed by atoms with Crippen molar-refractivity contribution in [2.24, 2.45) is 0 Å². The fourth-order valence-electron chi connectivity index (χ4n) is 3.69. The minimum atomic E-state index is -0.254. The van der Waals surface area contributed by atoms with Gasteiger partial charge in [0, 0.05) is 16.3 Å². The first-order valence-electron chi connectivity index (χ1n) is 9.30. The molecule has 0 radical (unpaired) electrons. The van der Waals surface area contributed by atoms with E-state index in [1.54, 1.807) is 24.1 Å². The monoisotopic (exact) mass is 395 g/mol. The van der Waals surface area contributed by atoms with Gasteiger partial charge in [0.25, 0.3) is 0 Å². The van der Waals surface area contributed by atoms with E-state index in [4.69, 9.17) is 9.97 Å². The van der Waals surface area contributed by atoms with E-state index in [0.717, 1.165) is 49.5 Å². The zero-order chi connectivity index (χ0) is 19.4. The Balaban J connectivity index is 1.66. The van der Waals surface area contributed by atoms with E-state index >= 15 is 0 Å². The first kappa shape index (κ1) is 16.5. The highest BCUT2D eigenvalue weighted by Gasteiger charge is 2.28. The number of nitrogens with zero attached hydrogens (tertiary/aromatic N) is 3. The highest BCUT2D eigenvalue weighted by atomic mass is 32.2. The maximum Gasteiger partial charge on any atom is 0.153 e. The van der Waals surface area contributed by atoms with Crippen molar-refractivity contribution in [2.75, 3.05) is 4.31 Å². The van der Waals surface area contributed by atoms with Gasteiger partial charge in [-0.25, -0.2) is 14.4 Å². The highest BCUT2D eigenvalue weighted by Crippen LogP contribution is 2.49. The van der Waals surface area contributed by atoms with E-state index in [1.807, 2.05) is 36.4 Å². The number of para-hydroxylation sites is 2. The van der Waals surface area contributed by atoms with Crippen molar-refractivity contribution in [3.8, 4) is 11.3 Å². The van der Waals surface area contributed by atoms with E-state index < -0.39 is 0 Å². The largest absolute Gasteiger partial charge is 0.263 e. The smallest absolute Gasteiger partial charge is 0.153 e. The number of pyridine rings is 2. The van der Waals surface area contributed by atoms with Crippen LogP contribution in [0.15, 0.2) is 89.8 Å². The maximum absolute atomic E-state index is 13.5. The van der Waals surface area contributed by atoms with Gasteiger partial charge in [0.1, 0.15) is 5.82 Å². The summed E-state index contributed by atoms with van der Waals surface area (Å²) in [5.41, 5.74) is 4.66. The molecule has 29 heavy (non-hydrogen) atoms. The molecule has 3 nitrogen and oxygen atoms in total. The zero-order valence-corrected chi connectivity index (χ0v) is 16.0. The number of hydrogen-bond donors (Lipinski definition) is 0. The normalized spacial score (nSPS) is 12.8. The van der Waals surface area contributed by atoms with Crippen molar-refractivity contribution in [1.29, 1.82) is 0 Å². The number of halogens is 1. The molecule has 1 aliphatic heterocycles. The number of fused-ring (bicyclic) bond motifs is 5. The van der Waals surface area contributed by atoms with Crippen LogP contribution in [-0.4, -0.2) is 9.97 Å². The van der Waals surface area contributed by atoms with Gasteiger partial charge in [-0.15, -0.1) is 0 Å². The average molecular weight is 395 g/mol. The minimum Gasteiger partial charge on any atom is -0.263 e. The lowest BCUT2D eigenvalue weighted by atomic mass is 10.1. The van der Waals surface area contributed by atoms with E-state index in [0.29, 0.717) is 0 Å². The Labute approximate surface area is 171 Å². The van der Waals surface area contributed by atoms with Gasteiger partial charge in [0.15, 0.2) is 5.82 Å². The third-order valence-corrected chi connectivity index (χ3v) is 6.17. The quantitative estimate of drug-likeness (QED) is 0.294. The topological polar surface area (TPSA) is 29.0 Å². The van der Waals surface area contributed by atoms with Crippen molar-refractivity contribution >= 4 is 45.3 Å². The summed E-state index contributed by atoms with van der Waals surface area (Å²) in [7, 11) is 0. The van der Waals surface area contributed by atoms with Crippen molar-refractivity contribution in [3.63, 3.8) is 0 Å². The van der Waals surface area contributed by atoms with Crippen LogP contribution in [-0.2, 0) is 0 Å². The molecule has 0 saturated heterocycles. The number of rotatable bonds is 1. The van der Waals surface area contributed by atoms with Gasteiger partial charge in [-0.05, 0) is 60.5 Å². The number of anilines is 2. The summed E-state index contributed by atoms with van der Waals surface area (Å²) in [6.45, 7) is 0. The Kier molecular flexibility index (Phi) is 3.58. The van der Waals surface area contributed by atoms with Crippen molar-refractivity contribution in [2.45, 2.75) is 4.90 Å². The third kappa shape index (κ3) is 2.66. The molecule has 0 spiro atoms. The lowest BCUT2D eigenvalue weighted by molar-refractivity contribution is 0.628. The van der Waals surface area contributed by atoms with Crippen LogP contribution < -0.4 is 4.31 Å². The molecule has 0 amide bonds. The summed E-state index contributed by atoms with van der Waals surface area (Å²) in [6.07, 6.45) is 0. The van der Waals surface area contributed by atoms with Gasteiger partial charge in [-0.2, -0.15) is 0 Å². The molecular formula is C24H14FN3S. The van der Waals surface area contributed by atoms with Crippen molar-refractivity contribution in [3.05, 3.63) is 90.7 Å². The SMILES string of the molecule is Fc1ccc(N2Sc3cc4ccccc4nc3-c3cc4ccccc4nc32)cc1. The van der Waals surface area contributed by atoms with Crippen LogP contribution in [0.3, 0.4) is 0 Å². The van der Waals surface area contributed by atoms with Crippen LogP contribution >= 0.6 is 11.9 Å². The van der Waals surface area contributed by atoms with Gasteiger partial charge in [0.05, 0.1) is 27.3 Å². The first-order valence-corrected chi connectivity index (χ1v) is 10.1. The maximum atomic E-state index is 13.5. The van der Waals surface area contributed by atoms with E-state index in [1.165, 1.54) is 12.1 Å². The number of aromatic nitrogens is 2. The van der Waals surface area contributed by atoms with Crippen LogP contribution in [0.5, 0.6) is 0 Å². The van der Waals surface area contributed by atoms with E-state index in [9.17, 15) is 4.39 Å². The average Bonchev–Trinajstić information content (AvgIpc) is 2.77. The predicted molar refractivity (Wildman–Crippen MR) is 117 cm³/mol. The second-order valence-electron chi connectivity index (χ2n) is 6.94. The van der Waals surface area contributed by atoms with Crippen LogP contribution in [0.25, 0.3) is 33.1 Å². The van der Waals surface area contributed by atoms with E-state index in [-0.39, 0.29) is 5.82 Å². The lowest BCUT2D eigenvalue weighted by Gasteiger charge is -2.30. The number of hydrogen-bond acceptors (Lipinski definition) is 4. The molecule has 2 aromatic heterocycles. The van der Waals surface area contributed by atoms with E-state index in [2.05, 4.69) is 28.6 Å². The first-order chi connectivity index (χ1) is 14.3. The second-order valence-corrected chi connectivity index (χ2v) is 7.93. The van der Waals surface area contributed by atoms with Gasteiger partial charge < -0.3 is 0 Å². The number of benzene rings is 3. The summed E-state index contributed by atoms with van der Waals surface area (Å²) in [5, 5.41) is 2.16. The Morgan fingerprint density at radius 1 is 0.724 bits per heavy atom. The minimum absolute atomic E-state index is 0.254. The molecule has 0 unspecified atom stereocenters. The fraction of sp³-hybridized carbons (Fsp3) is 0. The Morgan fingerprint density at radius 3 is 2.14 bits per heavy atom. The van der Waals surface area contributed by atoms with Gasteiger partial charge >= 0.3 is 0 Å². The van der Waals surface area contributed by atoms with Gasteiger partial charge in [-0.1, -0.05) is 36.4 Å². The molecule has 0 bridgehead atoms. The molecule has 138 valence electrons. The van der Waals surface area contributed by atoms with Crippen LogP contribution in [0, 0.1) is 5.82 Å². The molecule has 6 rings (SSSR count). The van der Waals surface area contributed by atoms with Gasteiger partial charge in [0.2, 0.25) is 0 Å². The molecule has 0 saturated carbocycles. The summed E-state index contributed by atoms with van der Waals surface area (Å²) >= 11 is 1.57. The third-order valence-electron chi connectivity index (χ3n) is 5.09. The van der Waals surface area contributed by atoms with Crippen LogP contribution in [0.1, 0.15) is 0 Å². The summed E-state index contributed by atoms with van der Waals surface area (Å²) < 4.78 is 15.6. The van der Waals surface area contributed by atoms with Gasteiger partial charge in [-0.3, -0.25) is 4.31 Å². The molecule has 5 heteroatoms. The van der Waals surface area contributed by atoms with Crippen molar-refractivity contribution < 1.29 is 4.39 Å². The summed E-state index contributed by atoms with van der Waals surface area (Å²) in [5.74, 6) is 0.561. The van der Waals surface area contributed by atoms with Crippen LogP contribution in [0.2, 0.25) is 0 Å². The standard InChI is InChI=1S/C24H14FN3S/c25-17-9-11-18(12-10-17)28-24-19(13-15-5-1-4-8-21(15)27-24)23-22(29-28)14-16-6-2-3-7-20(16)26-23/h1-14H. The zero-order valence-electron chi connectivity index (χ0n) is 15.2. The molecule has 3 heterocycles. The Hall–Kier alpha value is -3.44. The molecule has 5 aromatic rings. The molecule has 0 fully saturated rings. The molecule has 0 atom stereocenters. The Morgan fingerprint density at radius 2 is 1.38 bits per heavy atom. The summed E-state index contributed by atoms with van der Waals surface area (Å²) in [4.78, 5) is 11.0. The molecular weight excluding hydrogens is 381 g/mol. The fourth-order valence-corrected chi connectivity index (χ4v) is 4.76. The highest BCUT2D eigenvalue weighted by molar-refractivity contribution is 8.01.